The van der Waals surface area contributed by atoms with Gasteiger partial charge in [0, 0.05) is 23.7 Å². The van der Waals surface area contributed by atoms with E-state index in [2.05, 4.69) is 0 Å². The number of benzene rings is 2. The second-order valence-electron chi connectivity index (χ2n) is 24.1. The Kier molecular flexibility index (Phi) is 12.2. The van der Waals surface area contributed by atoms with E-state index < -0.39 is 17.5 Å². The van der Waals surface area contributed by atoms with E-state index in [0.717, 1.165) is 97.7 Å². The maximum atomic E-state index is 15.3. The van der Waals surface area contributed by atoms with Crippen LogP contribution in [0, 0.1) is 71.0 Å². The quantitative estimate of drug-likeness (QED) is 0.104. The Morgan fingerprint density at radius 1 is 0.500 bits per heavy atom. The van der Waals surface area contributed by atoms with E-state index in [0.29, 0.717) is 63.6 Å². The number of thiazole rings is 2. The third-order valence-corrected chi connectivity index (χ3v) is 24.5. The lowest BCUT2D eigenvalue weighted by Crippen LogP contribution is -2.52. The van der Waals surface area contributed by atoms with Crippen LogP contribution < -0.4 is 4.74 Å². The summed E-state index contributed by atoms with van der Waals surface area (Å²) in [6, 6.07) is 18.3. The van der Waals surface area contributed by atoms with Gasteiger partial charge in [-0.25, -0.2) is 29.5 Å². The molecule has 8 saturated carbocycles. The van der Waals surface area contributed by atoms with Gasteiger partial charge in [0.25, 0.3) is 0 Å². The average molecular weight is 1120 g/mol. The van der Waals surface area contributed by atoms with Crippen LogP contribution in [-0.4, -0.2) is 56.5 Å². The molecule has 8 fully saturated rings. The molecule has 12 atom stereocenters. The Bertz CT molecular complexity index is 3420. The highest BCUT2D eigenvalue weighted by molar-refractivity contribution is 7.35. The number of carbonyl (C=O) groups excluding carboxylic acids is 6. The van der Waals surface area contributed by atoms with Gasteiger partial charge in [-0.3, -0.25) is 19.2 Å². The molecule has 8 aliphatic carbocycles. The van der Waals surface area contributed by atoms with Gasteiger partial charge in [-0.1, -0.05) is 135 Å². The molecule has 0 saturated heterocycles. The summed E-state index contributed by atoms with van der Waals surface area (Å²) in [6.07, 6.45) is 17.7. The lowest BCUT2D eigenvalue weighted by molar-refractivity contribution is -0.183. The van der Waals surface area contributed by atoms with Crippen LogP contribution >= 0.6 is 45.3 Å². The Hall–Kier alpha value is -5.62. The Morgan fingerprint density at radius 2 is 0.885 bits per heavy atom. The number of ether oxygens (including phenoxy) is 3. The van der Waals surface area contributed by atoms with Crippen molar-refractivity contribution in [2.45, 2.75) is 122 Å². The van der Waals surface area contributed by atoms with Crippen LogP contribution in [0.2, 0.25) is 0 Å². The van der Waals surface area contributed by atoms with Gasteiger partial charge in [-0.05, 0) is 110 Å². The number of Topliss-reactive ketones (excluding diaryl/α,β-unsaturated/α-hetero) is 4. The van der Waals surface area contributed by atoms with Crippen molar-refractivity contribution in [2.24, 2.45) is 81.0 Å². The van der Waals surface area contributed by atoms with Crippen molar-refractivity contribution in [3.05, 3.63) is 77.4 Å². The Morgan fingerprint density at radius 3 is 1.31 bits per heavy atom. The number of thiophene rings is 2. The molecule has 400 valence electrons. The summed E-state index contributed by atoms with van der Waals surface area (Å²) >= 11 is 4.75. The smallest absolute Gasteiger partial charge is 0.367 e. The second kappa shape index (κ2) is 19.3. The van der Waals surface area contributed by atoms with Crippen molar-refractivity contribution in [2.75, 3.05) is 0 Å². The zero-order chi connectivity index (χ0) is 52.6. The summed E-state index contributed by atoms with van der Waals surface area (Å²) in [4.78, 5) is 109. The van der Waals surface area contributed by atoms with E-state index in [1.807, 2.05) is 60.7 Å². The number of fused-ring (bicyclic) bond motifs is 13. The first-order chi connectivity index (χ1) is 38.1. The lowest BCUT2D eigenvalue weighted by Gasteiger charge is -2.48. The van der Waals surface area contributed by atoms with Gasteiger partial charge in [-0.2, -0.15) is 0 Å². The summed E-state index contributed by atoms with van der Waals surface area (Å²) in [6.45, 7) is -0.366. The first-order valence-electron chi connectivity index (χ1n) is 28.4. The molecule has 9 aliphatic rings. The molecule has 5 heterocycles. The van der Waals surface area contributed by atoms with Crippen LogP contribution in [0.3, 0.4) is 0 Å². The molecule has 6 aromatic rings. The van der Waals surface area contributed by atoms with Crippen LogP contribution in [-0.2, 0) is 57.1 Å². The minimum Gasteiger partial charge on any atom is -0.457 e. The van der Waals surface area contributed by atoms with E-state index in [1.165, 1.54) is 74.0 Å². The molecule has 17 heteroatoms. The number of hydrogen-bond donors (Lipinski definition) is 0. The van der Waals surface area contributed by atoms with Gasteiger partial charge in [0.1, 0.15) is 27.6 Å². The molecule has 4 aromatic heterocycles. The normalized spacial score (nSPS) is 31.5. The maximum Gasteiger partial charge on any atom is 0.367 e. The molecule has 13 nitrogen and oxygen atoms in total. The fraction of sp³-hybridized carbons (Fsp3) is 0.508. The van der Waals surface area contributed by atoms with E-state index in [1.54, 1.807) is 0 Å². The summed E-state index contributed by atoms with van der Waals surface area (Å²) in [5, 5.41) is 0.374. The maximum absolute atomic E-state index is 15.3. The first-order valence-corrected chi connectivity index (χ1v) is 31.7. The summed E-state index contributed by atoms with van der Waals surface area (Å²) in [7, 11) is 0. The second-order valence-corrected chi connectivity index (χ2v) is 28.0. The number of aromatic nitrogens is 2. The summed E-state index contributed by atoms with van der Waals surface area (Å²) in [5.41, 5.74) is -1.11. The van der Waals surface area contributed by atoms with Gasteiger partial charge in [-0.15, -0.1) is 22.7 Å². The zero-order valence-corrected chi connectivity index (χ0v) is 46.3. The Labute approximate surface area is 466 Å². The first kappa shape index (κ1) is 49.4. The molecule has 2 aromatic carbocycles. The molecule has 15 rings (SSSR count). The van der Waals surface area contributed by atoms with Gasteiger partial charge in [0.15, 0.2) is 40.3 Å². The van der Waals surface area contributed by atoms with Crippen LogP contribution in [0.1, 0.15) is 119 Å². The third kappa shape index (κ3) is 8.03. The molecule has 12 unspecified atom stereocenters. The lowest BCUT2D eigenvalue weighted by atomic mass is 9.57. The number of carbonyl (C=O) groups is 6. The summed E-state index contributed by atoms with van der Waals surface area (Å²) < 4.78 is 20.1. The van der Waals surface area contributed by atoms with Crippen molar-refractivity contribution in [3.63, 3.8) is 0 Å². The molecule has 0 bridgehead atoms. The summed E-state index contributed by atoms with van der Waals surface area (Å²) in [5.74, 6) is 0.589. The highest BCUT2D eigenvalue weighted by Gasteiger charge is 2.61. The highest BCUT2D eigenvalue weighted by Crippen LogP contribution is 2.62. The van der Waals surface area contributed by atoms with Gasteiger partial charge < -0.3 is 14.2 Å². The highest BCUT2D eigenvalue weighted by atomic mass is 32.1. The fourth-order valence-corrected chi connectivity index (χ4v) is 21.1. The zero-order valence-electron chi connectivity index (χ0n) is 43.0. The van der Waals surface area contributed by atoms with E-state index in [4.69, 9.17) is 34.2 Å². The monoisotopic (exact) mass is 1120 g/mol. The van der Waals surface area contributed by atoms with E-state index in [-0.39, 0.29) is 93.0 Å². The SMILES string of the molecule is O=C1C(=Nc2nc3sc4c(c3s2)OC(C(=O)OCc2ccccc2)(C(=O)OCc2ccccc2)c2c-4sc3nc(N=C4C(=O)C5CC6CC7CCCCC7CC6CC5C4=O)sc23)C(=O)C2CC3CC4CCCCC4CC3CC12. The largest absolute Gasteiger partial charge is 0.457 e. The van der Waals surface area contributed by atoms with E-state index >= 15 is 9.59 Å². The minimum atomic E-state index is -2.55. The van der Waals surface area contributed by atoms with Crippen molar-refractivity contribution < 1.29 is 43.0 Å². The fourth-order valence-electron chi connectivity index (χ4n) is 16.3. The van der Waals surface area contributed by atoms with Crippen LogP contribution in [0.25, 0.3) is 28.8 Å². The number of hydrogen-bond acceptors (Lipinski definition) is 17. The van der Waals surface area contributed by atoms with Gasteiger partial charge in [0.2, 0.25) is 10.3 Å². The number of aliphatic imine (C=N–C) groups is 2. The molecule has 0 spiro atoms. The third-order valence-electron chi connectivity index (χ3n) is 20.0. The molecule has 0 amide bonds. The molecule has 1 aliphatic heterocycles. The molecule has 0 radical (unpaired) electrons. The van der Waals surface area contributed by atoms with Crippen molar-refractivity contribution in [3.8, 4) is 15.5 Å². The van der Waals surface area contributed by atoms with Crippen molar-refractivity contribution in [1.29, 1.82) is 0 Å². The molecule has 0 N–H and O–H groups in total. The standard InChI is InChI=1S/C61H58N4O9S4/c66-46-39-23-35-19-31-15-7-8-16-32(31)20-36(35)24-40(39)47(67)44(46)62-59-64-55-52(77-59)43-51(75-55)53-50(74-61(43,57(70)72-27-29-11-3-1-4-12-29)58(71)73-28-30-13-5-2-6-14-30)54-56(76-53)65-60(78-54)63-45-48(68)41-25-37-21-33-17-9-10-18-34(33)22-38(37)26-42(41)49(45)69/h1-6,11-14,31-42H,7-10,15-28H2. The van der Waals surface area contributed by atoms with Crippen molar-refractivity contribution >= 4 is 121 Å². The molecular weight excluding hydrogens is 1060 g/mol. The predicted octanol–water partition coefficient (Wildman–Crippen LogP) is 12.9. The number of ketones is 4. The number of rotatable bonds is 8. The topological polar surface area (TPSA) is 181 Å². The van der Waals surface area contributed by atoms with Crippen LogP contribution in [0.15, 0.2) is 70.6 Å². The van der Waals surface area contributed by atoms with Gasteiger partial charge in [0.05, 0.1) is 20.0 Å². The van der Waals surface area contributed by atoms with E-state index in [9.17, 15) is 19.2 Å². The average Bonchev–Trinajstić information content (AvgIpc) is 4.04. The molecule has 78 heavy (non-hydrogen) atoms. The van der Waals surface area contributed by atoms with Gasteiger partial charge >= 0.3 is 17.5 Å². The van der Waals surface area contributed by atoms with Crippen LogP contribution in [0.5, 0.6) is 5.75 Å². The predicted molar refractivity (Wildman–Crippen MR) is 299 cm³/mol. The molecular formula is C61H58N4O9S4. The minimum absolute atomic E-state index is 0.0398. The number of nitrogens with zero attached hydrogens (tertiary/aromatic N) is 4. The van der Waals surface area contributed by atoms with Crippen molar-refractivity contribution in [1.82, 2.24) is 9.97 Å². The van der Waals surface area contributed by atoms with Crippen LogP contribution in [0.4, 0.5) is 10.3 Å². The Balaban J connectivity index is 0.800. The number of esters is 2.